The molecule has 1 atom stereocenters. The van der Waals surface area contributed by atoms with Crippen molar-refractivity contribution in [3.8, 4) is 0 Å². The summed E-state index contributed by atoms with van der Waals surface area (Å²) in [4.78, 5) is 51.8. The van der Waals surface area contributed by atoms with E-state index in [0.717, 1.165) is 10.1 Å². The van der Waals surface area contributed by atoms with Gasteiger partial charge in [-0.1, -0.05) is 53.5 Å². The zero-order valence-electron chi connectivity index (χ0n) is 23.5. The molecule has 8 nitrogen and oxygen atoms in total. The normalized spacial score (nSPS) is 14.5. The largest absolute Gasteiger partial charge is 0.481 e. The van der Waals surface area contributed by atoms with Gasteiger partial charge in [-0.15, -0.1) is 11.3 Å². The van der Waals surface area contributed by atoms with E-state index in [9.17, 15) is 24.3 Å². The van der Waals surface area contributed by atoms with Crippen molar-refractivity contribution in [1.82, 2.24) is 10.2 Å². The number of carbonyl (C=O) groups excluding carboxylic acids is 3. The predicted molar refractivity (Wildman–Crippen MR) is 174 cm³/mol. The molecule has 1 aliphatic heterocycles. The summed E-state index contributed by atoms with van der Waals surface area (Å²) in [6.45, 7) is 0.775. The fourth-order valence-electron chi connectivity index (χ4n) is 5.13. The van der Waals surface area contributed by atoms with Gasteiger partial charge in [0, 0.05) is 36.3 Å². The van der Waals surface area contributed by atoms with Crippen molar-refractivity contribution in [2.24, 2.45) is 5.92 Å². The number of fused-ring (bicyclic) bond motifs is 1. The highest BCUT2D eigenvalue weighted by molar-refractivity contribution is 7.18. The first-order valence-electron chi connectivity index (χ1n) is 14.0. The molecule has 44 heavy (non-hydrogen) atoms. The topological polar surface area (TPSA) is 116 Å². The van der Waals surface area contributed by atoms with E-state index in [0.29, 0.717) is 58.4 Å². The number of carboxylic acids is 1. The smallest absolute Gasteiger partial charge is 0.305 e. The van der Waals surface area contributed by atoms with E-state index >= 15 is 0 Å². The molecular formula is C33H29Cl2N3O5S. The molecule has 0 bridgehead atoms. The van der Waals surface area contributed by atoms with Crippen LogP contribution in [0, 0.1) is 5.92 Å². The van der Waals surface area contributed by atoms with Crippen LogP contribution in [-0.2, 0) is 14.4 Å². The molecular weight excluding hydrogens is 621 g/mol. The number of halogens is 2. The summed E-state index contributed by atoms with van der Waals surface area (Å²) >= 11 is 14.3. The Morgan fingerprint density at radius 2 is 1.68 bits per heavy atom. The molecule has 1 fully saturated rings. The Morgan fingerprint density at radius 3 is 2.36 bits per heavy atom. The van der Waals surface area contributed by atoms with E-state index < -0.39 is 12.0 Å². The zero-order chi connectivity index (χ0) is 31.2. The minimum absolute atomic E-state index is 0.190. The quantitative estimate of drug-likeness (QED) is 0.168. The minimum atomic E-state index is -1.05. The maximum Gasteiger partial charge on any atom is 0.305 e. The molecule has 1 aromatic heterocycles. The van der Waals surface area contributed by atoms with Crippen LogP contribution in [0.15, 0.2) is 78.2 Å². The monoisotopic (exact) mass is 649 g/mol. The Morgan fingerprint density at radius 1 is 0.977 bits per heavy atom. The van der Waals surface area contributed by atoms with E-state index in [2.05, 4.69) is 10.6 Å². The van der Waals surface area contributed by atoms with Crippen LogP contribution < -0.4 is 10.6 Å². The van der Waals surface area contributed by atoms with Crippen LogP contribution in [0.2, 0.25) is 10.0 Å². The lowest BCUT2D eigenvalue weighted by atomic mass is 9.94. The van der Waals surface area contributed by atoms with E-state index in [1.807, 2.05) is 23.6 Å². The number of amides is 3. The van der Waals surface area contributed by atoms with E-state index in [1.165, 1.54) is 17.4 Å². The van der Waals surface area contributed by atoms with Gasteiger partial charge >= 0.3 is 5.97 Å². The maximum atomic E-state index is 13.2. The van der Waals surface area contributed by atoms with Gasteiger partial charge < -0.3 is 20.6 Å². The van der Waals surface area contributed by atoms with Crippen LogP contribution in [0.3, 0.4) is 0 Å². The van der Waals surface area contributed by atoms with Crippen molar-refractivity contribution in [2.45, 2.75) is 25.3 Å². The third kappa shape index (κ3) is 7.48. The van der Waals surface area contributed by atoms with Gasteiger partial charge in [0.25, 0.3) is 5.91 Å². The number of likely N-dealkylation sites (tertiary alicyclic amines) is 1. The molecule has 226 valence electrons. The fourth-order valence-corrected chi connectivity index (χ4v) is 6.57. The van der Waals surface area contributed by atoms with Gasteiger partial charge in [0.1, 0.15) is 0 Å². The number of hydrogen-bond donors (Lipinski definition) is 3. The summed E-state index contributed by atoms with van der Waals surface area (Å²) in [5, 5.41) is 18.9. The molecule has 2 heterocycles. The van der Waals surface area contributed by atoms with Gasteiger partial charge in [0.2, 0.25) is 11.8 Å². The second kappa shape index (κ2) is 14.1. The summed E-state index contributed by atoms with van der Waals surface area (Å²) in [6.07, 6.45) is 3.71. The van der Waals surface area contributed by atoms with E-state index in [-0.39, 0.29) is 30.1 Å². The first kappa shape index (κ1) is 31.3. The summed E-state index contributed by atoms with van der Waals surface area (Å²) in [5.41, 5.74) is 2.32. The molecule has 4 aromatic rings. The molecule has 0 radical (unpaired) electrons. The van der Waals surface area contributed by atoms with Gasteiger partial charge in [-0.2, -0.15) is 0 Å². The number of rotatable bonds is 9. The average Bonchev–Trinajstić information content (AvgIpc) is 3.51. The van der Waals surface area contributed by atoms with Gasteiger partial charge in [0.05, 0.1) is 27.2 Å². The second-order valence-electron chi connectivity index (χ2n) is 10.5. The second-order valence-corrected chi connectivity index (χ2v) is 12.1. The van der Waals surface area contributed by atoms with Gasteiger partial charge in [-0.25, -0.2) is 0 Å². The third-order valence-corrected chi connectivity index (χ3v) is 9.48. The van der Waals surface area contributed by atoms with Crippen molar-refractivity contribution < 1.29 is 24.3 Å². The number of nitrogens with one attached hydrogen (secondary N) is 2. The number of anilines is 1. The minimum Gasteiger partial charge on any atom is -0.481 e. The summed E-state index contributed by atoms with van der Waals surface area (Å²) < 4.78 is 0.899. The van der Waals surface area contributed by atoms with Crippen LogP contribution in [0.5, 0.6) is 0 Å². The zero-order valence-corrected chi connectivity index (χ0v) is 25.8. The molecule has 11 heteroatoms. The number of nitrogens with zero attached hydrogens (tertiary/aromatic N) is 1. The lowest BCUT2D eigenvalue weighted by Crippen LogP contribution is -2.43. The summed E-state index contributed by atoms with van der Waals surface area (Å²) in [6, 6.07) is 18.6. The summed E-state index contributed by atoms with van der Waals surface area (Å²) in [5.74, 6) is -2.13. The molecule has 1 saturated heterocycles. The standard InChI is InChI=1S/C33H29Cl2N3O5S/c34-29-23(18-24-14-17-44-31(24)30(29)35)8-11-27(39)38-15-12-22(13-16-38)33(43)37-26(19-28(40)41)20-6-9-25(10-7-20)36-32(42)21-4-2-1-3-5-21/h1-11,14,17-18,22,26H,12-13,15-16,19H2,(H,36,42)(H,37,43)(H,40,41). The van der Waals surface area contributed by atoms with Crippen LogP contribution in [0.25, 0.3) is 16.2 Å². The van der Waals surface area contributed by atoms with Crippen LogP contribution in [-0.4, -0.2) is 46.8 Å². The average molecular weight is 651 g/mol. The molecule has 0 saturated carbocycles. The van der Waals surface area contributed by atoms with Crippen molar-refractivity contribution in [2.75, 3.05) is 18.4 Å². The Kier molecular flexibility index (Phi) is 9.99. The van der Waals surface area contributed by atoms with Crippen molar-refractivity contribution in [3.63, 3.8) is 0 Å². The molecule has 5 rings (SSSR count). The van der Waals surface area contributed by atoms with E-state index in [1.54, 1.807) is 59.5 Å². The maximum absolute atomic E-state index is 13.2. The van der Waals surface area contributed by atoms with Crippen LogP contribution in [0.4, 0.5) is 5.69 Å². The van der Waals surface area contributed by atoms with Crippen molar-refractivity contribution in [1.29, 1.82) is 0 Å². The molecule has 3 amide bonds. The molecule has 1 aliphatic rings. The Hall–Kier alpha value is -4.18. The SMILES string of the molecule is O=C(O)CC(NC(=O)C1CCN(C(=O)C=Cc2cc3ccsc3c(Cl)c2Cl)CC1)c1ccc(NC(=O)c2ccccc2)cc1. The number of aliphatic carboxylic acids is 1. The first-order chi connectivity index (χ1) is 21.2. The highest BCUT2D eigenvalue weighted by Gasteiger charge is 2.29. The molecule has 0 spiro atoms. The van der Waals surface area contributed by atoms with Crippen LogP contribution in [0.1, 0.15) is 46.8 Å². The third-order valence-electron chi connectivity index (χ3n) is 7.54. The van der Waals surface area contributed by atoms with Gasteiger partial charge in [-0.05, 0) is 77.2 Å². The van der Waals surface area contributed by atoms with Crippen LogP contribution >= 0.6 is 34.5 Å². The first-order valence-corrected chi connectivity index (χ1v) is 15.6. The van der Waals surface area contributed by atoms with E-state index in [4.69, 9.17) is 23.2 Å². The number of thiophene rings is 1. The highest BCUT2D eigenvalue weighted by Crippen LogP contribution is 2.37. The number of piperidine rings is 1. The van der Waals surface area contributed by atoms with Gasteiger partial charge in [-0.3, -0.25) is 19.2 Å². The number of carbonyl (C=O) groups is 4. The highest BCUT2D eigenvalue weighted by atomic mass is 35.5. The fraction of sp³-hybridized carbons (Fsp3) is 0.212. The molecule has 0 aliphatic carbocycles. The molecule has 3 N–H and O–H groups in total. The van der Waals surface area contributed by atoms with Gasteiger partial charge in [0.15, 0.2) is 0 Å². The molecule has 1 unspecified atom stereocenters. The lowest BCUT2D eigenvalue weighted by Gasteiger charge is -2.31. The summed E-state index contributed by atoms with van der Waals surface area (Å²) in [7, 11) is 0. The van der Waals surface area contributed by atoms with Crippen molar-refractivity contribution in [3.05, 3.63) is 105 Å². The number of benzene rings is 3. The number of hydrogen-bond acceptors (Lipinski definition) is 5. The van der Waals surface area contributed by atoms with Crippen molar-refractivity contribution >= 4 is 80.1 Å². The molecule has 3 aromatic carbocycles. The Balaban J connectivity index is 1.16. The predicted octanol–water partition coefficient (Wildman–Crippen LogP) is 7.04. The number of carboxylic acid groups (broad SMARTS) is 1. The Bertz CT molecular complexity index is 1710. The Labute approximate surface area is 268 Å². The lowest BCUT2D eigenvalue weighted by molar-refractivity contribution is -0.138.